The Labute approximate surface area is 137 Å². The zero-order valence-electron chi connectivity index (χ0n) is 12.6. The van der Waals surface area contributed by atoms with Gasteiger partial charge in [-0.2, -0.15) is 0 Å². The van der Waals surface area contributed by atoms with Crippen LogP contribution in [0.4, 0.5) is 4.39 Å². The number of amides is 1. The fourth-order valence-corrected chi connectivity index (χ4v) is 3.12. The minimum atomic E-state index is -0.274. The van der Waals surface area contributed by atoms with Gasteiger partial charge in [0.05, 0.1) is 17.5 Å². The van der Waals surface area contributed by atoms with E-state index in [2.05, 4.69) is 4.98 Å². The monoisotopic (exact) mass is 329 g/mol. The van der Waals surface area contributed by atoms with Crippen LogP contribution in [0.3, 0.4) is 0 Å². The molecular formula is C17H16FN3OS. The topological polar surface area (TPSA) is 37.6 Å². The fourth-order valence-electron chi connectivity index (χ4n) is 2.21. The Balaban J connectivity index is 1.59. The first-order chi connectivity index (χ1) is 11.1. The number of halogens is 1. The first-order valence-electron chi connectivity index (χ1n) is 7.17. The summed E-state index contributed by atoms with van der Waals surface area (Å²) in [5.41, 5.74) is 1.90. The molecule has 0 aliphatic carbocycles. The van der Waals surface area contributed by atoms with E-state index in [-0.39, 0.29) is 11.7 Å². The predicted molar refractivity (Wildman–Crippen MR) is 88.8 cm³/mol. The molecule has 0 aliphatic rings. The summed E-state index contributed by atoms with van der Waals surface area (Å²) in [5.74, 6) is 0.0441. The first kappa shape index (κ1) is 15.6. The van der Waals surface area contributed by atoms with Crippen molar-refractivity contribution in [3.8, 4) is 0 Å². The Morgan fingerprint density at radius 1 is 1.26 bits per heavy atom. The van der Waals surface area contributed by atoms with Crippen LogP contribution in [0.1, 0.15) is 5.56 Å². The zero-order valence-corrected chi connectivity index (χ0v) is 13.5. The molecule has 0 spiro atoms. The van der Waals surface area contributed by atoms with Crippen LogP contribution in [0.5, 0.6) is 0 Å². The fraction of sp³-hybridized carbons (Fsp3) is 0.176. The van der Waals surface area contributed by atoms with E-state index in [1.807, 2.05) is 28.8 Å². The van der Waals surface area contributed by atoms with Crippen molar-refractivity contribution < 1.29 is 9.18 Å². The second-order valence-corrected chi connectivity index (χ2v) is 6.14. The molecule has 2 aromatic heterocycles. The number of aromatic nitrogens is 2. The van der Waals surface area contributed by atoms with E-state index in [9.17, 15) is 9.18 Å². The quantitative estimate of drug-likeness (QED) is 0.675. The van der Waals surface area contributed by atoms with Crippen molar-refractivity contribution in [3.05, 3.63) is 66.2 Å². The van der Waals surface area contributed by atoms with E-state index < -0.39 is 0 Å². The largest absolute Gasteiger partial charge is 0.341 e. The van der Waals surface area contributed by atoms with E-state index >= 15 is 0 Å². The van der Waals surface area contributed by atoms with E-state index in [1.54, 1.807) is 30.3 Å². The SMILES string of the molecule is CN(Cc1ccc(F)cc1)C(=O)CSc1ncc2ccccn12. The molecule has 0 aliphatic heterocycles. The van der Waals surface area contributed by atoms with Gasteiger partial charge in [-0.05, 0) is 29.8 Å². The molecule has 0 atom stereocenters. The van der Waals surface area contributed by atoms with Crippen molar-refractivity contribution in [1.82, 2.24) is 14.3 Å². The lowest BCUT2D eigenvalue weighted by Crippen LogP contribution is -2.27. The summed E-state index contributed by atoms with van der Waals surface area (Å²) in [4.78, 5) is 18.2. The third-order valence-corrected chi connectivity index (χ3v) is 4.44. The molecule has 0 bridgehead atoms. The van der Waals surface area contributed by atoms with Crippen molar-refractivity contribution in [1.29, 1.82) is 0 Å². The average Bonchev–Trinajstić information content (AvgIpc) is 2.98. The van der Waals surface area contributed by atoms with Crippen molar-refractivity contribution >= 4 is 23.2 Å². The van der Waals surface area contributed by atoms with Gasteiger partial charge in [0.25, 0.3) is 0 Å². The van der Waals surface area contributed by atoms with Crippen molar-refractivity contribution in [3.63, 3.8) is 0 Å². The normalized spacial score (nSPS) is 10.9. The van der Waals surface area contributed by atoms with Gasteiger partial charge in [-0.15, -0.1) is 0 Å². The lowest BCUT2D eigenvalue weighted by molar-refractivity contribution is -0.127. The van der Waals surface area contributed by atoms with Gasteiger partial charge in [0.15, 0.2) is 5.16 Å². The van der Waals surface area contributed by atoms with Gasteiger partial charge < -0.3 is 4.90 Å². The summed E-state index contributed by atoms with van der Waals surface area (Å²) in [5, 5.41) is 0.795. The number of pyridine rings is 1. The Kier molecular flexibility index (Phi) is 4.62. The highest BCUT2D eigenvalue weighted by Gasteiger charge is 2.12. The molecule has 118 valence electrons. The van der Waals surface area contributed by atoms with Crippen LogP contribution < -0.4 is 0 Å². The van der Waals surface area contributed by atoms with E-state index in [0.29, 0.717) is 12.3 Å². The molecule has 4 nitrogen and oxygen atoms in total. The number of carbonyl (C=O) groups is 1. The number of carbonyl (C=O) groups excluding carboxylic acids is 1. The van der Waals surface area contributed by atoms with Crippen molar-refractivity contribution in [2.24, 2.45) is 0 Å². The summed E-state index contributed by atoms with van der Waals surface area (Å²) in [6, 6.07) is 12.0. The molecule has 3 rings (SSSR count). The van der Waals surface area contributed by atoms with Crippen molar-refractivity contribution in [2.45, 2.75) is 11.7 Å². The number of fused-ring (bicyclic) bond motifs is 1. The molecule has 6 heteroatoms. The maximum atomic E-state index is 12.9. The Hall–Kier alpha value is -2.34. The van der Waals surface area contributed by atoms with E-state index in [0.717, 1.165) is 16.2 Å². The third-order valence-electron chi connectivity index (χ3n) is 3.49. The molecule has 0 saturated heterocycles. The summed E-state index contributed by atoms with van der Waals surface area (Å²) in [6.07, 6.45) is 3.71. The minimum absolute atomic E-state index is 0.00649. The average molecular weight is 329 g/mol. The standard InChI is InChI=1S/C17H16FN3OS/c1-20(11-13-5-7-14(18)8-6-13)16(22)12-23-17-19-10-15-4-2-3-9-21(15)17/h2-10H,11-12H2,1H3. The van der Waals surface area contributed by atoms with Crippen LogP contribution in [0.2, 0.25) is 0 Å². The molecule has 1 amide bonds. The molecule has 2 heterocycles. The molecule has 0 N–H and O–H groups in total. The smallest absolute Gasteiger partial charge is 0.233 e. The van der Waals surface area contributed by atoms with Crippen LogP contribution in [-0.4, -0.2) is 33.0 Å². The molecule has 3 aromatic rings. The minimum Gasteiger partial charge on any atom is -0.341 e. The number of hydrogen-bond acceptors (Lipinski definition) is 3. The summed E-state index contributed by atoms with van der Waals surface area (Å²) in [6.45, 7) is 0.460. The highest BCUT2D eigenvalue weighted by atomic mass is 32.2. The lowest BCUT2D eigenvalue weighted by Gasteiger charge is -2.16. The molecule has 1 aromatic carbocycles. The van der Waals surface area contributed by atoms with Crippen LogP contribution in [-0.2, 0) is 11.3 Å². The molecular weight excluding hydrogens is 313 g/mol. The number of rotatable bonds is 5. The summed E-state index contributed by atoms with van der Waals surface area (Å²) >= 11 is 1.41. The highest BCUT2D eigenvalue weighted by Crippen LogP contribution is 2.19. The number of thioether (sulfide) groups is 1. The highest BCUT2D eigenvalue weighted by molar-refractivity contribution is 7.99. The second kappa shape index (κ2) is 6.83. The molecule has 0 unspecified atom stereocenters. The van der Waals surface area contributed by atoms with Gasteiger partial charge in [0, 0.05) is 19.8 Å². The lowest BCUT2D eigenvalue weighted by atomic mass is 10.2. The van der Waals surface area contributed by atoms with Gasteiger partial charge in [0.2, 0.25) is 5.91 Å². The van der Waals surface area contributed by atoms with Crippen LogP contribution in [0.25, 0.3) is 5.52 Å². The Morgan fingerprint density at radius 2 is 2.04 bits per heavy atom. The number of hydrogen-bond donors (Lipinski definition) is 0. The van der Waals surface area contributed by atoms with Gasteiger partial charge in [-0.3, -0.25) is 9.20 Å². The first-order valence-corrected chi connectivity index (χ1v) is 8.15. The maximum absolute atomic E-state index is 12.9. The molecule has 0 radical (unpaired) electrons. The van der Waals surface area contributed by atoms with Gasteiger partial charge in [-0.25, -0.2) is 9.37 Å². The zero-order chi connectivity index (χ0) is 16.2. The Bertz CT molecular complexity index is 816. The molecule has 23 heavy (non-hydrogen) atoms. The summed E-state index contributed by atoms with van der Waals surface area (Å²) < 4.78 is 14.9. The van der Waals surface area contributed by atoms with Gasteiger partial charge >= 0.3 is 0 Å². The number of nitrogens with zero attached hydrogens (tertiary/aromatic N) is 3. The number of imidazole rings is 1. The van der Waals surface area contributed by atoms with Crippen molar-refractivity contribution in [2.75, 3.05) is 12.8 Å². The Morgan fingerprint density at radius 3 is 2.83 bits per heavy atom. The number of benzene rings is 1. The van der Waals surface area contributed by atoms with Crippen LogP contribution in [0, 0.1) is 5.82 Å². The molecule has 0 fully saturated rings. The van der Waals surface area contributed by atoms with Crippen LogP contribution in [0.15, 0.2) is 60.0 Å². The third kappa shape index (κ3) is 3.71. The summed E-state index contributed by atoms with van der Waals surface area (Å²) in [7, 11) is 1.75. The second-order valence-electron chi connectivity index (χ2n) is 5.20. The molecule has 0 saturated carbocycles. The van der Waals surface area contributed by atoms with Gasteiger partial charge in [-0.1, -0.05) is 30.0 Å². The maximum Gasteiger partial charge on any atom is 0.233 e. The van der Waals surface area contributed by atoms with E-state index in [1.165, 1.54) is 23.9 Å². The van der Waals surface area contributed by atoms with Crippen LogP contribution >= 0.6 is 11.8 Å². The predicted octanol–water partition coefficient (Wildman–Crippen LogP) is 3.22. The van der Waals surface area contributed by atoms with E-state index in [4.69, 9.17) is 0 Å². The van der Waals surface area contributed by atoms with Gasteiger partial charge in [0.1, 0.15) is 5.82 Å².